The minimum atomic E-state index is 0.286. The van der Waals surface area contributed by atoms with Crippen molar-refractivity contribution in [2.24, 2.45) is 5.73 Å². The number of methoxy groups -OCH3 is 1. The highest BCUT2D eigenvalue weighted by Crippen LogP contribution is 2.28. The summed E-state index contributed by atoms with van der Waals surface area (Å²) in [4.78, 5) is 2.26. The number of anilines is 2. The molecule has 4 N–H and O–H groups in total. The molecular weight excluding hydrogens is 190 g/mol. The van der Waals surface area contributed by atoms with Gasteiger partial charge in [-0.25, -0.2) is 0 Å². The molecule has 82 valence electrons. The highest BCUT2D eigenvalue weighted by molar-refractivity contribution is 5.62. The van der Waals surface area contributed by atoms with Crippen molar-refractivity contribution in [2.45, 2.75) is 12.5 Å². The summed E-state index contributed by atoms with van der Waals surface area (Å²) in [5, 5.41) is 0. The van der Waals surface area contributed by atoms with E-state index in [0.717, 1.165) is 30.9 Å². The Balaban J connectivity index is 2.21. The molecule has 0 saturated carbocycles. The zero-order valence-corrected chi connectivity index (χ0v) is 8.94. The van der Waals surface area contributed by atoms with Crippen LogP contribution in [0, 0.1) is 0 Å². The predicted molar refractivity (Wildman–Crippen MR) is 62.2 cm³/mol. The summed E-state index contributed by atoms with van der Waals surface area (Å²) in [6.45, 7) is 1.92. The number of benzene rings is 1. The zero-order chi connectivity index (χ0) is 10.8. The van der Waals surface area contributed by atoms with Crippen molar-refractivity contribution in [2.75, 3.05) is 30.8 Å². The quantitative estimate of drug-likeness (QED) is 0.704. The fourth-order valence-electron chi connectivity index (χ4n) is 1.92. The first kappa shape index (κ1) is 10.1. The Kier molecular flexibility index (Phi) is 2.68. The Morgan fingerprint density at radius 1 is 1.47 bits per heavy atom. The number of rotatable bonds is 2. The lowest BCUT2D eigenvalue weighted by Crippen LogP contribution is -2.26. The minimum absolute atomic E-state index is 0.286. The van der Waals surface area contributed by atoms with Gasteiger partial charge in [-0.2, -0.15) is 0 Å². The summed E-state index contributed by atoms with van der Waals surface area (Å²) in [6.07, 6.45) is 1.05. The van der Waals surface area contributed by atoms with Crippen LogP contribution in [0.5, 0.6) is 5.75 Å². The van der Waals surface area contributed by atoms with E-state index in [2.05, 4.69) is 4.90 Å². The molecular formula is C11H17N3O. The molecule has 0 spiro atoms. The summed E-state index contributed by atoms with van der Waals surface area (Å²) < 4.78 is 5.19. The van der Waals surface area contributed by atoms with Crippen LogP contribution >= 0.6 is 0 Å². The van der Waals surface area contributed by atoms with Gasteiger partial charge >= 0.3 is 0 Å². The number of nitrogen functional groups attached to an aromatic ring is 1. The van der Waals surface area contributed by atoms with Gasteiger partial charge in [0.1, 0.15) is 5.75 Å². The Morgan fingerprint density at radius 2 is 2.27 bits per heavy atom. The summed E-state index contributed by atoms with van der Waals surface area (Å²) >= 11 is 0. The van der Waals surface area contributed by atoms with E-state index >= 15 is 0 Å². The lowest BCUT2D eigenvalue weighted by atomic mass is 10.2. The van der Waals surface area contributed by atoms with E-state index in [-0.39, 0.29) is 6.04 Å². The van der Waals surface area contributed by atoms with Crippen LogP contribution in [-0.2, 0) is 0 Å². The lowest BCUT2D eigenvalue weighted by molar-refractivity contribution is 0.417. The van der Waals surface area contributed by atoms with Gasteiger partial charge in [0.15, 0.2) is 0 Å². The average Bonchev–Trinajstić information content (AvgIpc) is 2.66. The van der Waals surface area contributed by atoms with Crippen LogP contribution in [0.1, 0.15) is 6.42 Å². The second-order valence-electron chi connectivity index (χ2n) is 3.92. The van der Waals surface area contributed by atoms with E-state index in [1.165, 1.54) is 0 Å². The van der Waals surface area contributed by atoms with E-state index < -0.39 is 0 Å². The van der Waals surface area contributed by atoms with Gasteiger partial charge in [-0.1, -0.05) is 0 Å². The molecule has 1 aromatic carbocycles. The number of ether oxygens (including phenoxy) is 1. The van der Waals surface area contributed by atoms with Gasteiger partial charge in [0.25, 0.3) is 0 Å². The van der Waals surface area contributed by atoms with E-state index in [4.69, 9.17) is 16.2 Å². The minimum Gasteiger partial charge on any atom is -0.495 e. The molecule has 1 atom stereocenters. The predicted octanol–water partition coefficient (Wildman–Crippen LogP) is 0.815. The average molecular weight is 207 g/mol. The van der Waals surface area contributed by atoms with Gasteiger partial charge in [-0.15, -0.1) is 0 Å². The van der Waals surface area contributed by atoms with Crippen LogP contribution in [0.4, 0.5) is 11.4 Å². The second kappa shape index (κ2) is 3.98. The third-order valence-corrected chi connectivity index (χ3v) is 2.81. The first-order valence-electron chi connectivity index (χ1n) is 5.14. The molecule has 0 unspecified atom stereocenters. The van der Waals surface area contributed by atoms with Crippen LogP contribution in [0.2, 0.25) is 0 Å². The first-order chi connectivity index (χ1) is 7.20. The molecule has 0 aromatic heterocycles. The molecule has 0 radical (unpaired) electrons. The number of hydrogen-bond donors (Lipinski definition) is 2. The van der Waals surface area contributed by atoms with E-state index in [0.29, 0.717) is 5.69 Å². The van der Waals surface area contributed by atoms with Crippen molar-refractivity contribution in [3.63, 3.8) is 0 Å². The summed E-state index contributed by atoms with van der Waals surface area (Å²) in [6, 6.07) is 6.13. The molecule has 1 fully saturated rings. The Bertz CT molecular complexity index is 354. The van der Waals surface area contributed by atoms with Crippen LogP contribution in [-0.4, -0.2) is 26.2 Å². The molecule has 4 nitrogen and oxygen atoms in total. The van der Waals surface area contributed by atoms with E-state index in [1.54, 1.807) is 7.11 Å². The van der Waals surface area contributed by atoms with Crippen LogP contribution in [0.15, 0.2) is 18.2 Å². The standard InChI is InChI=1S/C11H17N3O/c1-15-11-6-9(2-3-10(11)13)14-5-4-8(12)7-14/h2-3,6,8H,4-5,7,12-13H2,1H3/t8-/m1/s1. The molecule has 1 aliphatic heterocycles. The van der Waals surface area contributed by atoms with Gasteiger partial charge < -0.3 is 21.1 Å². The highest BCUT2D eigenvalue weighted by atomic mass is 16.5. The van der Waals surface area contributed by atoms with Crippen molar-refractivity contribution < 1.29 is 4.74 Å². The first-order valence-corrected chi connectivity index (χ1v) is 5.14. The fraction of sp³-hybridized carbons (Fsp3) is 0.455. The third-order valence-electron chi connectivity index (χ3n) is 2.81. The molecule has 2 rings (SSSR count). The van der Waals surface area contributed by atoms with Crippen LogP contribution in [0.3, 0.4) is 0 Å². The summed E-state index contributed by atoms with van der Waals surface area (Å²) in [7, 11) is 1.63. The third kappa shape index (κ3) is 1.99. The smallest absolute Gasteiger partial charge is 0.143 e. The topological polar surface area (TPSA) is 64.5 Å². The summed E-state index contributed by atoms with van der Waals surface area (Å²) in [5.74, 6) is 0.730. The molecule has 1 heterocycles. The maximum absolute atomic E-state index is 5.87. The number of nitrogens with two attached hydrogens (primary N) is 2. The fourth-order valence-corrected chi connectivity index (χ4v) is 1.92. The van der Waals surface area contributed by atoms with E-state index in [9.17, 15) is 0 Å². The maximum atomic E-state index is 5.87. The van der Waals surface area contributed by atoms with Crippen molar-refractivity contribution in [1.82, 2.24) is 0 Å². The number of nitrogens with zero attached hydrogens (tertiary/aromatic N) is 1. The van der Waals surface area contributed by atoms with Crippen molar-refractivity contribution in [1.29, 1.82) is 0 Å². The lowest BCUT2D eigenvalue weighted by Gasteiger charge is -2.19. The second-order valence-corrected chi connectivity index (χ2v) is 3.92. The largest absolute Gasteiger partial charge is 0.495 e. The van der Waals surface area contributed by atoms with Crippen LogP contribution in [0.25, 0.3) is 0 Å². The number of hydrogen-bond acceptors (Lipinski definition) is 4. The summed E-state index contributed by atoms with van der Waals surface area (Å²) in [5.41, 5.74) is 13.4. The van der Waals surface area contributed by atoms with Gasteiger partial charge in [-0.3, -0.25) is 0 Å². The monoisotopic (exact) mass is 207 g/mol. The molecule has 0 aliphatic carbocycles. The highest BCUT2D eigenvalue weighted by Gasteiger charge is 2.19. The Hall–Kier alpha value is -1.42. The van der Waals surface area contributed by atoms with Gasteiger partial charge in [0, 0.05) is 30.9 Å². The maximum Gasteiger partial charge on any atom is 0.143 e. The molecule has 0 bridgehead atoms. The van der Waals surface area contributed by atoms with Gasteiger partial charge in [0.05, 0.1) is 12.8 Å². The Morgan fingerprint density at radius 3 is 2.87 bits per heavy atom. The van der Waals surface area contributed by atoms with Gasteiger partial charge in [-0.05, 0) is 18.6 Å². The zero-order valence-electron chi connectivity index (χ0n) is 8.94. The molecule has 1 aliphatic rings. The SMILES string of the molecule is COc1cc(N2CC[C@@H](N)C2)ccc1N. The van der Waals surface area contributed by atoms with Crippen LogP contribution < -0.4 is 21.1 Å². The molecule has 1 aromatic rings. The van der Waals surface area contributed by atoms with Crippen molar-refractivity contribution in [3.8, 4) is 5.75 Å². The molecule has 0 amide bonds. The van der Waals surface area contributed by atoms with Crippen molar-refractivity contribution in [3.05, 3.63) is 18.2 Å². The molecule has 4 heteroatoms. The Labute approximate surface area is 89.8 Å². The van der Waals surface area contributed by atoms with Crippen molar-refractivity contribution >= 4 is 11.4 Å². The van der Waals surface area contributed by atoms with Gasteiger partial charge in [0.2, 0.25) is 0 Å². The normalized spacial score (nSPS) is 20.7. The molecule has 15 heavy (non-hydrogen) atoms. The van der Waals surface area contributed by atoms with E-state index in [1.807, 2.05) is 18.2 Å². The molecule has 1 saturated heterocycles.